The molecular formula is C24H26Cl2N4O2. The third-order valence-electron chi connectivity index (χ3n) is 3.65. The summed E-state index contributed by atoms with van der Waals surface area (Å²) in [5.74, 6) is 6.54. The van der Waals surface area contributed by atoms with Crippen molar-refractivity contribution in [3.05, 3.63) is 65.0 Å². The lowest BCUT2D eigenvalue weighted by molar-refractivity contribution is 0.0636. The number of hydrogen-bond acceptors (Lipinski definition) is 4. The molecule has 2 aromatic rings. The number of benzene rings is 1. The van der Waals surface area contributed by atoms with Crippen molar-refractivity contribution >= 4 is 46.5 Å². The highest BCUT2D eigenvalue weighted by atomic mass is 35.5. The smallest absolute Gasteiger partial charge is 0.412 e. The van der Waals surface area contributed by atoms with Crippen LogP contribution in [0.25, 0.3) is 0 Å². The van der Waals surface area contributed by atoms with Gasteiger partial charge < -0.3 is 10.1 Å². The molecule has 1 heterocycles. The van der Waals surface area contributed by atoms with Gasteiger partial charge in [0.25, 0.3) is 0 Å². The van der Waals surface area contributed by atoms with E-state index in [-0.39, 0.29) is 0 Å². The van der Waals surface area contributed by atoms with Crippen LogP contribution in [-0.4, -0.2) is 28.0 Å². The Morgan fingerprint density at radius 3 is 2.56 bits per heavy atom. The van der Waals surface area contributed by atoms with E-state index in [9.17, 15) is 4.79 Å². The van der Waals surface area contributed by atoms with Gasteiger partial charge in [-0.1, -0.05) is 41.3 Å². The van der Waals surface area contributed by atoms with Gasteiger partial charge in [-0.05, 0) is 70.9 Å². The first-order chi connectivity index (χ1) is 15.1. The van der Waals surface area contributed by atoms with E-state index in [2.05, 4.69) is 32.5 Å². The second kappa shape index (κ2) is 11.6. The number of rotatable bonds is 4. The zero-order valence-electron chi connectivity index (χ0n) is 18.7. The average molecular weight is 473 g/mol. The molecule has 0 aliphatic carbocycles. The first kappa shape index (κ1) is 25.3. The minimum Gasteiger partial charge on any atom is -0.444 e. The molecule has 1 aromatic heterocycles. The lowest BCUT2D eigenvalue weighted by Gasteiger charge is -2.19. The molecule has 2 rings (SSSR count). The molecule has 0 saturated carbocycles. The molecule has 1 unspecified atom stereocenters. The Bertz CT molecular complexity index is 1080. The van der Waals surface area contributed by atoms with Gasteiger partial charge in [-0.25, -0.2) is 14.8 Å². The van der Waals surface area contributed by atoms with Crippen LogP contribution in [0.15, 0.2) is 58.7 Å². The normalized spacial score (nSPS) is 13.0. The molecule has 0 fully saturated rings. The molecule has 0 aliphatic rings. The third-order valence-corrected chi connectivity index (χ3v) is 4.15. The van der Waals surface area contributed by atoms with Crippen molar-refractivity contribution in [1.82, 2.24) is 4.98 Å². The molecule has 0 radical (unpaired) electrons. The Labute approximate surface area is 199 Å². The maximum atomic E-state index is 12.0. The molecule has 0 saturated heterocycles. The lowest BCUT2D eigenvalue weighted by Crippen LogP contribution is -2.27. The number of hydrogen-bond donors (Lipinski definition) is 2. The standard InChI is InChI=1S/C24H26Cl2N4O2/c1-6-21(26)22(28-16(2)25)29-19-9-7-8-17(14-19)10-11-18-15-20(12-13-27-18)30-23(31)32-24(3,4)5/h6-9,12-16H,1-5H3,(H,28,29)(H,27,30,31)/b21-6+. The van der Waals surface area contributed by atoms with Crippen LogP contribution in [0.5, 0.6) is 0 Å². The second-order valence-corrected chi connectivity index (χ2v) is 8.74. The maximum absolute atomic E-state index is 12.0. The second-order valence-electron chi connectivity index (χ2n) is 7.70. The summed E-state index contributed by atoms with van der Waals surface area (Å²) in [5, 5.41) is 6.31. The van der Waals surface area contributed by atoms with Crippen LogP contribution >= 0.6 is 23.2 Å². The van der Waals surface area contributed by atoms with Crippen molar-refractivity contribution < 1.29 is 9.53 Å². The summed E-state index contributed by atoms with van der Waals surface area (Å²) < 4.78 is 5.26. The zero-order chi connectivity index (χ0) is 23.7. The van der Waals surface area contributed by atoms with E-state index in [1.54, 1.807) is 52.1 Å². The van der Waals surface area contributed by atoms with Gasteiger partial charge in [0.05, 0.1) is 5.03 Å². The highest BCUT2D eigenvalue weighted by Gasteiger charge is 2.16. The van der Waals surface area contributed by atoms with Crippen molar-refractivity contribution in [3.63, 3.8) is 0 Å². The van der Waals surface area contributed by atoms with E-state index in [0.29, 0.717) is 22.2 Å². The number of anilines is 2. The molecule has 0 bridgehead atoms. The lowest BCUT2D eigenvalue weighted by atomic mass is 10.2. The number of nitrogens with one attached hydrogen (secondary N) is 2. The van der Waals surface area contributed by atoms with Crippen LogP contribution in [0.2, 0.25) is 0 Å². The molecule has 1 atom stereocenters. The van der Waals surface area contributed by atoms with Crippen LogP contribution in [0.1, 0.15) is 45.9 Å². The summed E-state index contributed by atoms with van der Waals surface area (Å²) in [7, 11) is 0. The van der Waals surface area contributed by atoms with Crippen molar-refractivity contribution in [2.75, 3.05) is 10.6 Å². The summed E-state index contributed by atoms with van der Waals surface area (Å²) >= 11 is 12.2. The van der Waals surface area contributed by atoms with Crippen LogP contribution in [-0.2, 0) is 4.74 Å². The largest absolute Gasteiger partial charge is 0.444 e. The number of ether oxygens (including phenoxy) is 1. The van der Waals surface area contributed by atoms with Gasteiger partial charge in [-0.3, -0.25) is 5.32 Å². The van der Waals surface area contributed by atoms with E-state index < -0.39 is 17.2 Å². The fraction of sp³-hybridized carbons (Fsp3) is 0.292. The number of amidine groups is 1. The number of carbonyl (C=O) groups is 1. The summed E-state index contributed by atoms with van der Waals surface area (Å²) in [5.41, 5.74) is 1.57. The summed E-state index contributed by atoms with van der Waals surface area (Å²) in [6.07, 6.45) is 2.77. The molecule has 0 spiro atoms. The van der Waals surface area contributed by atoms with Gasteiger partial charge in [0.1, 0.15) is 22.6 Å². The van der Waals surface area contributed by atoms with Gasteiger partial charge in [-0.2, -0.15) is 0 Å². The van der Waals surface area contributed by atoms with Gasteiger partial charge in [0, 0.05) is 23.1 Å². The highest BCUT2D eigenvalue weighted by Crippen LogP contribution is 2.16. The van der Waals surface area contributed by atoms with Gasteiger partial charge in [-0.15, -0.1) is 0 Å². The summed E-state index contributed by atoms with van der Waals surface area (Å²) in [6.45, 7) is 8.98. The predicted molar refractivity (Wildman–Crippen MR) is 132 cm³/mol. The van der Waals surface area contributed by atoms with Gasteiger partial charge in [0.2, 0.25) is 0 Å². The summed E-state index contributed by atoms with van der Waals surface area (Å²) in [4.78, 5) is 20.5. The van der Waals surface area contributed by atoms with Crippen molar-refractivity contribution in [2.45, 2.75) is 45.7 Å². The number of carbonyl (C=O) groups excluding carboxylic acids is 1. The molecular weight excluding hydrogens is 447 g/mol. The molecule has 168 valence electrons. The number of nitrogens with zero attached hydrogens (tertiary/aromatic N) is 2. The molecule has 2 N–H and O–H groups in total. The van der Waals surface area contributed by atoms with Crippen LogP contribution in [0.3, 0.4) is 0 Å². The summed E-state index contributed by atoms with van der Waals surface area (Å²) in [6, 6.07) is 10.8. The molecule has 1 amide bonds. The van der Waals surface area contributed by atoms with Crippen LogP contribution in [0.4, 0.5) is 16.2 Å². The molecule has 0 aliphatic heterocycles. The fourth-order valence-corrected chi connectivity index (χ4v) is 2.61. The SMILES string of the molecule is C/C=C(Cl)\C(=N/C(C)Cl)Nc1cccc(C#Cc2cc(NC(=O)OC(C)(C)C)ccn2)c1. The highest BCUT2D eigenvalue weighted by molar-refractivity contribution is 6.45. The van der Waals surface area contributed by atoms with Crippen LogP contribution in [0, 0.1) is 11.8 Å². The van der Waals surface area contributed by atoms with Gasteiger partial charge in [0.15, 0.2) is 0 Å². The minimum absolute atomic E-state index is 0.429. The number of aromatic nitrogens is 1. The zero-order valence-corrected chi connectivity index (χ0v) is 20.2. The van der Waals surface area contributed by atoms with E-state index in [0.717, 1.165) is 11.3 Å². The van der Waals surface area contributed by atoms with Crippen LogP contribution < -0.4 is 10.6 Å². The average Bonchev–Trinajstić information content (AvgIpc) is 2.70. The molecule has 8 heteroatoms. The van der Waals surface area contributed by atoms with Crippen molar-refractivity contribution in [1.29, 1.82) is 0 Å². The Kier molecular flexibility index (Phi) is 9.13. The number of pyridine rings is 1. The fourth-order valence-electron chi connectivity index (χ4n) is 2.41. The Hall–Kier alpha value is -3.01. The van der Waals surface area contributed by atoms with Gasteiger partial charge >= 0.3 is 6.09 Å². The van der Waals surface area contributed by atoms with E-state index in [1.165, 1.54) is 0 Å². The number of amides is 1. The minimum atomic E-state index is -0.581. The molecule has 1 aromatic carbocycles. The van der Waals surface area contributed by atoms with Crippen molar-refractivity contribution in [2.24, 2.45) is 4.99 Å². The topological polar surface area (TPSA) is 75.6 Å². The predicted octanol–water partition coefficient (Wildman–Crippen LogP) is 6.37. The molecule has 32 heavy (non-hydrogen) atoms. The number of aliphatic imine (C=N–C) groups is 1. The monoisotopic (exact) mass is 472 g/mol. The van der Waals surface area contributed by atoms with E-state index in [4.69, 9.17) is 27.9 Å². The third kappa shape index (κ3) is 9.01. The van der Waals surface area contributed by atoms with Crippen molar-refractivity contribution in [3.8, 4) is 11.8 Å². The van der Waals surface area contributed by atoms with E-state index >= 15 is 0 Å². The molecule has 6 nitrogen and oxygen atoms in total. The number of halogens is 2. The Morgan fingerprint density at radius 1 is 1.19 bits per heavy atom. The maximum Gasteiger partial charge on any atom is 0.412 e. The number of alkyl halides is 1. The number of allylic oxidation sites excluding steroid dienone is 1. The Balaban J connectivity index is 2.17. The first-order valence-corrected chi connectivity index (χ1v) is 10.8. The Morgan fingerprint density at radius 2 is 1.91 bits per heavy atom. The van der Waals surface area contributed by atoms with E-state index in [1.807, 2.05) is 31.2 Å². The first-order valence-electron chi connectivity index (χ1n) is 9.95. The quantitative estimate of drug-likeness (QED) is 0.178.